The zero-order valence-corrected chi connectivity index (χ0v) is 20.0. The Morgan fingerprint density at radius 2 is 1.05 bits per heavy atom. The lowest BCUT2D eigenvalue weighted by Crippen LogP contribution is -1.94. The van der Waals surface area contributed by atoms with E-state index in [2.05, 4.69) is 141 Å². The van der Waals surface area contributed by atoms with Crippen molar-refractivity contribution in [2.75, 3.05) is 0 Å². The van der Waals surface area contributed by atoms with Gasteiger partial charge in [0.05, 0.1) is 27.8 Å². The molecule has 0 amide bonds. The van der Waals surface area contributed by atoms with Crippen LogP contribution in [0.2, 0.25) is 0 Å². The Balaban J connectivity index is 1.38. The molecular formula is C33H22N4. The van der Waals surface area contributed by atoms with E-state index in [4.69, 9.17) is 4.98 Å². The minimum atomic E-state index is 0.911. The van der Waals surface area contributed by atoms with Crippen LogP contribution in [-0.2, 0) is 0 Å². The standard InChI is InChI=1S/C33H22N4/c1-3-11-24(12-4-1)36-29-16-8-7-15-26(29)27-21-23(19-20-30(27)36)28-22-35-31-17-9-10-18-32(31)37(33(35)34-28)25-13-5-2-6-14-25/h1-22H. The van der Waals surface area contributed by atoms with Gasteiger partial charge in [0.1, 0.15) is 0 Å². The van der Waals surface area contributed by atoms with Crippen molar-refractivity contribution in [2.45, 2.75) is 0 Å². The lowest BCUT2D eigenvalue weighted by Gasteiger charge is -2.07. The molecule has 4 heteroatoms. The van der Waals surface area contributed by atoms with E-state index in [1.54, 1.807) is 0 Å². The minimum Gasteiger partial charge on any atom is -0.309 e. The highest BCUT2D eigenvalue weighted by Gasteiger charge is 2.17. The van der Waals surface area contributed by atoms with E-state index < -0.39 is 0 Å². The molecule has 0 N–H and O–H groups in total. The van der Waals surface area contributed by atoms with E-state index in [0.29, 0.717) is 0 Å². The van der Waals surface area contributed by atoms with Crippen molar-refractivity contribution in [3.05, 3.63) is 134 Å². The number of fused-ring (bicyclic) bond motifs is 6. The molecule has 0 aliphatic carbocycles. The molecule has 0 fully saturated rings. The van der Waals surface area contributed by atoms with Crippen LogP contribution < -0.4 is 0 Å². The van der Waals surface area contributed by atoms with Crippen LogP contribution in [0.25, 0.3) is 61.2 Å². The number of para-hydroxylation sites is 5. The maximum atomic E-state index is 5.17. The molecule has 8 aromatic rings. The van der Waals surface area contributed by atoms with Crippen LogP contribution in [0.5, 0.6) is 0 Å². The quantitative estimate of drug-likeness (QED) is 0.255. The van der Waals surface area contributed by atoms with Gasteiger partial charge in [0.15, 0.2) is 0 Å². The first-order valence-electron chi connectivity index (χ1n) is 12.5. The number of hydrogen-bond acceptors (Lipinski definition) is 1. The minimum absolute atomic E-state index is 0.911. The molecule has 5 aromatic carbocycles. The predicted molar refractivity (Wildman–Crippen MR) is 152 cm³/mol. The summed E-state index contributed by atoms with van der Waals surface area (Å²) in [5.41, 5.74) is 9.02. The summed E-state index contributed by atoms with van der Waals surface area (Å²) < 4.78 is 6.78. The van der Waals surface area contributed by atoms with Crippen LogP contribution in [0.3, 0.4) is 0 Å². The van der Waals surface area contributed by atoms with E-state index >= 15 is 0 Å². The SMILES string of the molecule is c1ccc(-n2c3ccccc3c3cc(-c4cn5c6ccccc6n(-c6ccccc6)c5n4)ccc32)cc1. The average Bonchev–Trinajstić information content (AvgIpc) is 3.62. The predicted octanol–water partition coefficient (Wildman–Crippen LogP) is 8.04. The Labute approximate surface area is 213 Å². The van der Waals surface area contributed by atoms with Crippen LogP contribution in [0.15, 0.2) is 134 Å². The lowest BCUT2D eigenvalue weighted by atomic mass is 10.1. The second kappa shape index (κ2) is 7.70. The van der Waals surface area contributed by atoms with E-state index in [1.807, 2.05) is 6.07 Å². The molecule has 0 atom stereocenters. The van der Waals surface area contributed by atoms with Crippen LogP contribution >= 0.6 is 0 Å². The molecule has 37 heavy (non-hydrogen) atoms. The van der Waals surface area contributed by atoms with Gasteiger partial charge in [-0.2, -0.15) is 0 Å². The number of rotatable bonds is 3. The number of nitrogens with zero attached hydrogens (tertiary/aromatic N) is 4. The van der Waals surface area contributed by atoms with Crippen molar-refractivity contribution in [2.24, 2.45) is 0 Å². The van der Waals surface area contributed by atoms with Gasteiger partial charge in [0, 0.05) is 33.9 Å². The highest BCUT2D eigenvalue weighted by molar-refractivity contribution is 6.10. The maximum Gasteiger partial charge on any atom is 0.220 e. The molecule has 0 radical (unpaired) electrons. The first-order valence-corrected chi connectivity index (χ1v) is 12.5. The Bertz CT molecular complexity index is 2080. The molecule has 0 saturated heterocycles. The largest absolute Gasteiger partial charge is 0.309 e. The smallest absolute Gasteiger partial charge is 0.220 e. The first-order chi connectivity index (χ1) is 18.4. The lowest BCUT2D eigenvalue weighted by molar-refractivity contribution is 1.10. The normalized spacial score (nSPS) is 11.8. The summed E-state index contributed by atoms with van der Waals surface area (Å²) in [5, 5.41) is 2.47. The van der Waals surface area contributed by atoms with Crippen molar-refractivity contribution in [3.8, 4) is 22.6 Å². The summed E-state index contributed by atoms with van der Waals surface area (Å²) in [6, 6.07) is 44.8. The number of benzene rings is 5. The molecule has 0 spiro atoms. The van der Waals surface area contributed by atoms with E-state index in [0.717, 1.165) is 39.4 Å². The summed E-state index contributed by atoms with van der Waals surface area (Å²) in [6.07, 6.45) is 2.16. The Hall–Kier alpha value is -5.09. The second-order valence-corrected chi connectivity index (χ2v) is 9.38. The van der Waals surface area contributed by atoms with Crippen molar-refractivity contribution in [1.29, 1.82) is 0 Å². The first kappa shape index (κ1) is 20.1. The van der Waals surface area contributed by atoms with Gasteiger partial charge in [-0.05, 0) is 54.6 Å². The van der Waals surface area contributed by atoms with E-state index in [-0.39, 0.29) is 0 Å². The van der Waals surface area contributed by atoms with Gasteiger partial charge in [-0.15, -0.1) is 0 Å². The molecule has 0 aliphatic heterocycles. The second-order valence-electron chi connectivity index (χ2n) is 9.38. The Morgan fingerprint density at radius 3 is 1.81 bits per heavy atom. The van der Waals surface area contributed by atoms with Crippen molar-refractivity contribution in [1.82, 2.24) is 18.5 Å². The average molecular weight is 475 g/mol. The summed E-state index contributed by atoms with van der Waals surface area (Å²) >= 11 is 0. The molecule has 4 nitrogen and oxygen atoms in total. The molecule has 174 valence electrons. The summed E-state index contributed by atoms with van der Waals surface area (Å²) in [4.78, 5) is 5.17. The highest BCUT2D eigenvalue weighted by atomic mass is 15.2. The van der Waals surface area contributed by atoms with Crippen LogP contribution in [0, 0.1) is 0 Å². The molecule has 3 aromatic heterocycles. The number of imidazole rings is 2. The molecule has 0 saturated carbocycles. The molecule has 0 aliphatic rings. The zero-order chi connectivity index (χ0) is 24.3. The topological polar surface area (TPSA) is 27.2 Å². The molecule has 0 unspecified atom stereocenters. The molecular weight excluding hydrogens is 452 g/mol. The van der Waals surface area contributed by atoms with Crippen molar-refractivity contribution >= 4 is 38.6 Å². The number of aromatic nitrogens is 4. The zero-order valence-electron chi connectivity index (χ0n) is 20.0. The molecule has 8 rings (SSSR count). The van der Waals surface area contributed by atoms with Crippen molar-refractivity contribution < 1.29 is 0 Å². The molecule has 0 bridgehead atoms. The van der Waals surface area contributed by atoms with Crippen LogP contribution in [0.1, 0.15) is 0 Å². The Kier molecular flexibility index (Phi) is 4.19. The van der Waals surface area contributed by atoms with Gasteiger partial charge in [-0.25, -0.2) is 4.98 Å². The highest BCUT2D eigenvalue weighted by Crippen LogP contribution is 2.35. The summed E-state index contributed by atoms with van der Waals surface area (Å²) in [7, 11) is 0. The van der Waals surface area contributed by atoms with Crippen LogP contribution in [-0.4, -0.2) is 18.5 Å². The summed E-state index contributed by atoms with van der Waals surface area (Å²) in [5.74, 6) is 0.911. The maximum absolute atomic E-state index is 5.17. The molecule has 3 heterocycles. The van der Waals surface area contributed by atoms with Gasteiger partial charge in [0.2, 0.25) is 5.78 Å². The third-order valence-corrected chi connectivity index (χ3v) is 7.27. The summed E-state index contributed by atoms with van der Waals surface area (Å²) in [6.45, 7) is 0. The Morgan fingerprint density at radius 1 is 0.459 bits per heavy atom. The van der Waals surface area contributed by atoms with E-state index in [1.165, 1.54) is 21.8 Å². The van der Waals surface area contributed by atoms with Gasteiger partial charge < -0.3 is 4.57 Å². The van der Waals surface area contributed by atoms with Gasteiger partial charge in [-0.1, -0.05) is 72.8 Å². The number of hydrogen-bond donors (Lipinski definition) is 0. The van der Waals surface area contributed by atoms with Crippen molar-refractivity contribution in [3.63, 3.8) is 0 Å². The van der Waals surface area contributed by atoms with Gasteiger partial charge in [-0.3, -0.25) is 8.97 Å². The third kappa shape index (κ3) is 2.93. The van der Waals surface area contributed by atoms with Crippen LogP contribution in [0.4, 0.5) is 0 Å². The monoisotopic (exact) mass is 474 g/mol. The van der Waals surface area contributed by atoms with E-state index in [9.17, 15) is 0 Å². The fraction of sp³-hybridized carbons (Fsp3) is 0. The fourth-order valence-corrected chi connectivity index (χ4v) is 5.63. The van der Waals surface area contributed by atoms with Gasteiger partial charge >= 0.3 is 0 Å². The third-order valence-electron chi connectivity index (χ3n) is 7.27. The van der Waals surface area contributed by atoms with Gasteiger partial charge in [0.25, 0.3) is 0 Å². The fourth-order valence-electron chi connectivity index (χ4n) is 5.63.